The lowest BCUT2D eigenvalue weighted by atomic mass is 10.1. The van der Waals surface area contributed by atoms with Crippen molar-refractivity contribution >= 4 is 17.7 Å². The third kappa shape index (κ3) is 3.89. The molecule has 1 unspecified atom stereocenters. The normalized spacial score (nSPS) is 25.9. The quantitative estimate of drug-likeness (QED) is 0.741. The first-order valence-corrected chi connectivity index (χ1v) is 8.49. The van der Waals surface area contributed by atoms with E-state index in [1.807, 2.05) is 11.8 Å². The molecule has 18 heavy (non-hydrogen) atoms. The van der Waals surface area contributed by atoms with Crippen molar-refractivity contribution in [1.29, 1.82) is 0 Å². The van der Waals surface area contributed by atoms with E-state index in [1.54, 1.807) is 0 Å². The first kappa shape index (κ1) is 14.2. The molecule has 2 aliphatic heterocycles. The Morgan fingerprint density at radius 2 is 2.00 bits per heavy atom. The van der Waals surface area contributed by atoms with Crippen LogP contribution in [0.25, 0.3) is 0 Å². The second-order valence-corrected chi connectivity index (χ2v) is 6.56. The number of hydrogen-bond donors (Lipinski definition) is 0. The van der Waals surface area contributed by atoms with Crippen LogP contribution in [0.1, 0.15) is 45.4 Å². The maximum atomic E-state index is 11.9. The van der Waals surface area contributed by atoms with E-state index in [1.165, 1.54) is 51.6 Å². The van der Waals surface area contributed by atoms with Gasteiger partial charge in [0.2, 0.25) is 5.91 Å². The van der Waals surface area contributed by atoms with Gasteiger partial charge in [0.15, 0.2) is 0 Å². The van der Waals surface area contributed by atoms with Gasteiger partial charge in [-0.15, -0.1) is 11.8 Å². The number of hydrogen-bond acceptors (Lipinski definition) is 3. The molecule has 0 aromatic rings. The molecule has 104 valence electrons. The zero-order valence-corrected chi connectivity index (χ0v) is 12.4. The summed E-state index contributed by atoms with van der Waals surface area (Å²) in [7, 11) is 0. The molecule has 2 heterocycles. The number of carbonyl (C=O) groups is 1. The van der Waals surface area contributed by atoms with Gasteiger partial charge in [0.1, 0.15) is 0 Å². The van der Waals surface area contributed by atoms with Crippen LogP contribution in [0.5, 0.6) is 0 Å². The zero-order valence-electron chi connectivity index (χ0n) is 11.6. The molecule has 2 rings (SSSR count). The number of piperidine rings is 1. The smallest absolute Gasteiger partial charge is 0.233 e. The van der Waals surface area contributed by atoms with Crippen molar-refractivity contribution in [2.75, 3.05) is 31.9 Å². The maximum Gasteiger partial charge on any atom is 0.233 e. The summed E-state index contributed by atoms with van der Waals surface area (Å²) in [5, 5.41) is 0.460. The van der Waals surface area contributed by atoms with Gasteiger partial charge in [0, 0.05) is 13.1 Å². The molecule has 0 bridgehead atoms. The topological polar surface area (TPSA) is 23.6 Å². The van der Waals surface area contributed by atoms with Crippen molar-refractivity contribution in [2.45, 2.75) is 50.8 Å². The molecule has 0 saturated carbocycles. The minimum absolute atomic E-state index is 0.359. The Kier molecular flexibility index (Phi) is 5.83. The van der Waals surface area contributed by atoms with Crippen LogP contribution in [0, 0.1) is 0 Å². The fourth-order valence-electron chi connectivity index (χ4n) is 2.82. The molecular weight excluding hydrogens is 244 g/mol. The summed E-state index contributed by atoms with van der Waals surface area (Å²) in [4.78, 5) is 16.6. The summed E-state index contributed by atoms with van der Waals surface area (Å²) in [6.07, 6.45) is 7.70. The molecule has 0 N–H and O–H groups in total. The molecule has 0 aromatic carbocycles. The Morgan fingerprint density at radius 3 is 2.72 bits per heavy atom. The Bertz CT molecular complexity index is 267. The summed E-state index contributed by atoms with van der Waals surface area (Å²) in [5.41, 5.74) is 0. The van der Waals surface area contributed by atoms with E-state index in [0.29, 0.717) is 17.0 Å². The first-order valence-electron chi connectivity index (χ1n) is 7.44. The second-order valence-electron chi connectivity index (χ2n) is 5.40. The van der Waals surface area contributed by atoms with Crippen LogP contribution in [0.4, 0.5) is 0 Å². The summed E-state index contributed by atoms with van der Waals surface area (Å²) in [6, 6.07) is 0. The van der Waals surface area contributed by atoms with Crippen molar-refractivity contribution in [2.24, 2.45) is 0 Å². The summed E-state index contributed by atoms with van der Waals surface area (Å²) >= 11 is 1.84. The van der Waals surface area contributed by atoms with Gasteiger partial charge in [0.05, 0.1) is 11.1 Å². The average molecular weight is 270 g/mol. The van der Waals surface area contributed by atoms with Crippen LogP contribution in [0.2, 0.25) is 0 Å². The fraction of sp³-hybridized carbons (Fsp3) is 0.929. The van der Waals surface area contributed by atoms with Gasteiger partial charge >= 0.3 is 0 Å². The molecular formula is C14H26N2OS. The Labute approximate surface area is 115 Å². The number of carbonyl (C=O) groups excluding carboxylic acids is 1. The highest BCUT2D eigenvalue weighted by Crippen LogP contribution is 2.28. The monoisotopic (exact) mass is 270 g/mol. The molecule has 0 aromatic heterocycles. The van der Waals surface area contributed by atoms with E-state index in [4.69, 9.17) is 0 Å². The Morgan fingerprint density at radius 1 is 1.22 bits per heavy atom. The first-order chi connectivity index (χ1) is 8.81. The number of likely N-dealkylation sites (tertiary alicyclic amines) is 1. The lowest BCUT2D eigenvalue weighted by molar-refractivity contribution is -0.128. The van der Waals surface area contributed by atoms with E-state index in [9.17, 15) is 4.79 Å². The number of rotatable bonds is 6. The molecule has 2 saturated heterocycles. The molecule has 2 fully saturated rings. The van der Waals surface area contributed by atoms with Gasteiger partial charge in [0.25, 0.3) is 0 Å². The Hall–Kier alpha value is -0.220. The van der Waals surface area contributed by atoms with Gasteiger partial charge in [-0.3, -0.25) is 4.79 Å². The molecule has 3 nitrogen and oxygen atoms in total. The lowest BCUT2D eigenvalue weighted by Gasteiger charge is -2.30. The van der Waals surface area contributed by atoms with Crippen LogP contribution < -0.4 is 0 Å². The molecule has 1 amide bonds. The van der Waals surface area contributed by atoms with Gasteiger partial charge in [-0.05, 0) is 32.4 Å². The van der Waals surface area contributed by atoms with E-state index in [-0.39, 0.29) is 0 Å². The largest absolute Gasteiger partial charge is 0.329 e. The van der Waals surface area contributed by atoms with Gasteiger partial charge in [-0.1, -0.05) is 26.2 Å². The van der Waals surface area contributed by atoms with Crippen molar-refractivity contribution < 1.29 is 4.79 Å². The van der Waals surface area contributed by atoms with Gasteiger partial charge < -0.3 is 9.80 Å². The maximum absolute atomic E-state index is 11.9. The molecule has 4 heteroatoms. The van der Waals surface area contributed by atoms with E-state index in [2.05, 4.69) is 16.7 Å². The summed E-state index contributed by atoms with van der Waals surface area (Å²) < 4.78 is 0. The van der Waals surface area contributed by atoms with Crippen LogP contribution in [0.15, 0.2) is 0 Å². The van der Waals surface area contributed by atoms with E-state index in [0.717, 1.165) is 13.1 Å². The number of thioether (sulfide) groups is 1. The van der Waals surface area contributed by atoms with Crippen LogP contribution in [-0.2, 0) is 4.79 Å². The van der Waals surface area contributed by atoms with E-state index < -0.39 is 0 Å². The zero-order chi connectivity index (χ0) is 12.8. The highest BCUT2D eigenvalue weighted by atomic mass is 32.2. The SMILES string of the molecule is CCCCC1SCC(=O)N1CCN1CCCCC1. The van der Waals surface area contributed by atoms with Crippen molar-refractivity contribution in [3.05, 3.63) is 0 Å². The molecule has 0 radical (unpaired) electrons. The predicted molar refractivity (Wildman–Crippen MR) is 77.8 cm³/mol. The third-order valence-electron chi connectivity index (χ3n) is 3.98. The number of amides is 1. The van der Waals surface area contributed by atoms with E-state index >= 15 is 0 Å². The fourth-order valence-corrected chi connectivity index (χ4v) is 4.06. The van der Waals surface area contributed by atoms with Crippen molar-refractivity contribution in [3.8, 4) is 0 Å². The molecule has 0 spiro atoms. The predicted octanol–water partition coefficient (Wildman–Crippen LogP) is 2.56. The second kappa shape index (κ2) is 7.39. The van der Waals surface area contributed by atoms with Crippen LogP contribution >= 0.6 is 11.8 Å². The number of nitrogens with zero attached hydrogens (tertiary/aromatic N) is 2. The average Bonchev–Trinajstić information content (AvgIpc) is 2.76. The van der Waals surface area contributed by atoms with Crippen LogP contribution in [-0.4, -0.2) is 53.0 Å². The lowest BCUT2D eigenvalue weighted by Crippen LogP contribution is -2.41. The molecule has 2 aliphatic rings. The minimum Gasteiger partial charge on any atom is -0.329 e. The van der Waals surface area contributed by atoms with Gasteiger partial charge in [-0.25, -0.2) is 0 Å². The van der Waals surface area contributed by atoms with Gasteiger partial charge in [-0.2, -0.15) is 0 Å². The summed E-state index contributed by atoms with van der Waals surface area (Å²) in [5.74, 6) is 1.06. The highest BCUT2D eigenvalue weighted by molar-refractivity contribution is 8.00. The number of unbranched alkanes of at least 4 members (excludes halogenated alkanes) is 1. The highest BCUT2D eigenvalue weighted by Gasteiger charge is 2.30. The minimum atomic E-state index is 0.359. The standard InChI is InChI=1S/C14H26N2OS/c1-2-3-7-14-16(13(17)12-18-14)11-10-15-8-5-4-6-9-15/h14H,2-12H2,1H3. The van der Waals surface area contributed by atoms with Crippen LogP contribution in [0.3, 0.4) is 0 Å². The third-order valence-corrected chi connectivity index (χ3v) is 5.27. The summed E-state index contributed by atoms with van der Waals surface area (Å²) in [6.45, 7) is 6.71. The van der Waals surface area contributed by atoms with Crippen molar-refractivity contribution in [3.63, 3.8) is 0 Å². The Balaban J connectivity index is 1.75. The molecule has 1 atom stereocenters. The molecule has 0 aliphatic carbocycles. The van der Waals surface area contributed by atoms with Crippen molar-refractivity contribution in [1.82, 2.24) is 9.80 Å².